The SMILES string of the molecule is CNC1CCN(c2cccc(OC)c2)CC1C. The van der Waals surface area contributed by atoms with Crippen LogP contribution in [0.2, 0.25) is 0 Å². The molecule has 0 saturated carbocycles. The molecule has 3 nitrogen and oxygen atoms in total. The zero-order valence-electron chi connectivity index (χ0n) is 10.9. The number of benzene rings is 1. The van der Waals surface area contributed by atoms with Gasteiger partial charge in [0.1, 0.15) is 5.75 Å². The van der Waals surface area contributed by atoms with Crippen molar-refractivity contribution in [2.75, 3.05) is 32.1 Å². The van der Waals surface area contributed by atoms with Gasteiger partial charge in [-0.1, -0.05) is 13.0 Å². The first kappa shape index (κ1) is 12.2. The van der Waals surface area contributed by atoms with E-state index in [0.717, 1.165) is 18.8 Å². The van der Waals surface area contributed by atoms with Crippen LogP contribution in [0.3, 0.4) is 0 Å². The minimum atomic E-state index is 0.650. The Balaban J connectivity index is 2.08. The van der Waals surface area contributed by atoms with Crippen molar-refractivity contribution in [3.05, 3.63) is 24.3 Å². The van der Waals surface area contributed by atoms with Gasteiger partial charge in [-0.15, -0.1) is 0 Å². The van der Waals surface area contributed by atoms with Gasteiger partial charge in [-0.05, 0) is 31.5 Å². The molecule has 94 valence electrons. The molecule has 1 aliphatic rings. The van der Waals surface area contributed by atoms with E-state index in [1.807, 2.05) is 6.07 Å². The van der Waals surface area contributed by atoms with Gasteiger partial charge in [-0.2, -0.15) is 0 Å². The third-order valence-corrected chi connectivity index (χ3v) is 3.69. The second-order valence-electron chi connectivity index (χ2n) is 4.81. The lowest BCUT2D eigenvalue weighted by Crippen LogP contribution is -2.47. The van der Waals surface area contributed by atoms with Gasteiger partial charge >= 0.3 is 0 Å². The Hall–Kier alpha value is -1.22. The van der Waals surface area contributed by atoms with Crippen LogP contribution >= 0.6 is 0 Å². The molecule has 3 heteroatoms. The molecule has 0 aliphatic carbocycles. The van der Waals surface area contributed by atoms with Crippen molar-refractivity contribution in [1.29, 1.82) is 0 Å². The van der Waals surface area contributed by atoms with Crippen molar-refractivity contribution < 1.29 is 4.74 Å². The molecule has 2 atom stereocenters. The van der Waals surface area contributed by atoms with Crippen LogP contribution in [0.5, 0.6) is 5.75 Å². The largest absolute Gasteiger partial charge is 0.497 e. The third kappa shape index (κ3) is 2.72. The van der Waals surface area contributed by atoms with Crippen LogP contribution < -0.4 is 15.0 Å². The molecule has 1 N–H and O–H groups in total. The van der Waals surface area contributed by atoms with E-state index in [1.54, 1.807) is 7.11 Å². The Bertz CT molecular complexity index is 367. The molecule has 1 saturated heterocycles. The number of nitrogens with zero attached hydrogens (tertiary/aromatic N) is 1. The summed E-state index contributed by atoms with van der Waals surface area (Å²) in [6, 6.07) is 8.98. The van der Waals surface area contributed by atoms with Gasteiger partial charge in [0.05, 0.1) is 7.11 Å². The van der Waals surface area contributed by atoms with Crippen molar-refractivity contribution in [2.24, 2.45) is 5.92 Å². The van der Waals surface area contributed by atoms with Crippen molar-refractivity contribution in [1.82, 2.24) is 5.32 Å². The zero-order chi connectivity index (χ0) is 12.3. The smallest absolute Gasteiger partial charge is 0.120 e. The Morgan fingerprint density at radius 3 is 2.88 bits per heavy atom. The van der Waals surface area contributed by atoms with Gasteiger partial charge < -0.3 is 15.0 Å². The molecule has 2 rings (SSSR count). The third-order valence-electron chi connectivity index (χ3n) is 3.69. The Kier molecular flexibility index (Phi) is 3.89. The number of anilines is 1. The monoisotopic (exact) mass is 234 g/mol. The van der Waals surface area contributed by atoms with Crippen LogP contribution in [0.25, 0.3) is 0 Å². The van der Waals surface area contributed by atoms with E-state index >= 15 is 0 Å². The highest BCUT2D eigenvalue weighted by Gasteiger charge is 2.24. The lowest BCUT2D eigenvalue weighted by molar-refractivity contribution is 0.338. The molecule has 1 aliphatic heterocycles. The van der Waals surface area contributed by atoms with Crippen LogP contribution in [0.4, 0.5) is 5.69 Å². The molecule has 0 amide bonds. The Morgan fingerprint density at radius 2 is 2.24 bits per heavy atom. The van der Waals surface area contributed by atoms with Crippen LogP contribution in [-0.4, -0.2) is 33.3 Å². The molecule has 1 aromatic rings. The van der Waals surface area contributed by atoms with E-state index in [2.05, 4.69) is 42.4 Å². The fourth-order valence-corrected chi connectivity index (χ4v) is 2.62. The van der Waals surface area contributed by atoms with E-state index in [1.165, 1.54) is 12.1 Å². The van der Waals surface area contributed by atoms with Gasteiger partial charge in [0.2, 0.25) is 0 Å². The maximum atomic E-state index is 5.28. The summed E-state index contributed by atoms with van der Waals surface area (Å²) in [6.45, 7) is 4.54. The first-order valence-corrected chi connectivity index (χ1v) is 6.31. The zero-order valence-corrected chi connectivity index (χ0v) is 10.9. The van der Waals surface area contributed by atoms with Crippen molar-refractivity contribution in [3.8, 4) is 5.75 Å². The number of ether oxygens (including phenoxy) is 1. The second kappa shape index (κ2) is 5.41. The quantitative estimate of drug-likeness (QED) is 0.867. The summed E-state index contributed by atoms with van der Waals surface area (Å²) in [6.07, 6.45) is 1.20. The fraction of sp³-hybridized carbons (Fsp3) is 0.571. The van der Waals surface area contributed by atoms with E-state index < -0.39 is 0 Å². The number of hydrogen-bond donors (Lipinski definition) is 1. The van der Waals surface area contributed by atoms with E-state index in [9.17, 15) is 0 Å². The van der Waals surface area contributed by atoms with Gasteiger partial charge in [0.25, 0.3) is 0 Å². The molecule has 1 aromatic carbocycles. The summed E-state index contributed by atoms with van der Waals surface area (Å²) < 4.78 is 5.28. The van der Waals surface area contributed by atoms with E-state index in [0.29, 0.717) is 12.0 Å². The average molecular weight is 234 g/mol. The Morgan fingerprint density at radius 1 is 1.41 bits per heavy atom. The molecule has 17 heavy (non-hydrogen) atoms. The maximum absolute atomic E-state index is 5.28. The molecule has 0 bridgehead atoms. The van der Waals surface area contributed by atoms with Crippen molar-refractivity contribution in [3.63, 3.8) is 0 Å². The lowest BCUT2D eigenvalue weighted by atomic mass is 9.93. The van der Waals surface area contributed by atoms with Crippen LogP contribution in [-0.2, 0) is 0 Å². The maximum Gasteiger partial charge on any atom is 0.120 e. The summed E-state index contributed by atoms with van der Waals surface area (Å²) in [5.74, 6) is 1.62. The number of methoxy groups -OCH3 is 1. The highest BCUT2D eigenvalue weighted by Crippen LogP contribution is 2.26. The number of nitrogens with one attached hydrogen (secondary N) is 1. The summed E-state index contributed by atoms with van der Waals surface area (Å²) in [4.78, 5) is 2.45. The van der Waals surface area contributed by atoms with Gasteiger partial charge in [-0.3, -0.25) is 0 Å². The molecule has 1 heterocycles. The van der Waals surface area contributed by atoms with Crippen molar-refractivity contribution in [2.45, 2.75) is 19.4 Å². The van der Waals surface area contributed by atoms with E-state index in [4.69, 9.17) is 4.74 Å². The predicted octanol–water partition coefficient (Wildman–Crippen LogP) is 2.13. The Labute approximate surface area is 104 Å². The topological polar surface area (TPSA) is 24.5 Å². The molecule has 0 radical (unpaired) electrons. The van der Waals surface area contributed by atoms with Crippen molar-refractivity contribution >= 4 is 5.69 Å². The highest BCUT2D eigenvalue weighted by molar-refractivity contribution is 5.51. The van der Waals surface area contributed by atoms with Gasteiger partial charge in [-0.25, -0.2) is 0 Å². The number of rotatable bonds is 3. The van der Waals surface area contributed by atoms with Crippen LogP contribution in [0.15, 0.2) is 24.3 Å². The first-order chi connectivity index (χ1) is 8.24. The minimum absolute atomic E-state index is 0.650. The average Bonchev–Trinajstić information content (AvgIpc) is 2.38. The molecular formula is C14H22N2O. The molecule has 0 aromatic heterocycles. The number of piperidine rings is 1. The minimum Gasteiger partial charge on any atom is -0.497 e. The summed E-state index contributed by atoms with van der Waals surface area (Å²) >= 11 is 0. The molecule has 0 spiro atoms. The fourth-order valence-electron chi connectivity index (χ4n) is 2.62. The molecule has 1 fully saturated rings. The predicted molar refractivity (Wildman–Crippen MR) is 71.8 cm³/mol. The number of hydrogen-bond acceptors (Lipinski definition) is 3. The normalized spacial score (nSPS) is 24.8. The van der Waals surface area contributed by atoms with E-state index in [-0.39, 0.29) is 0 Å². The van der Waals surface area contributed by atoms with Gasteiger partial charge in [0.15, 0.2) is 0 Å². The van der Waals surface area contributed by atoms with Gasteiger partial charge in [0, 0.05) is 30.9 Å². The van der Waals surface area contributed by atoms with Crippen LogP contribution in [0, 0.1) is 5.92 Å². The summed E-state index contributed by atoms with van der Waals surface area (Å²) in [7, 11) is 3.78. The molecular weight excluding hydrogens is 212 g/mol. The summed E-state index contributed by atoms with van der Waals surface area (Å²) in [5.41, 5.74) is 1.27. The summed E-state index contributed by atoms with van der Waals surface area (Å²) in [5, 5.41) is 3.40. The van der Waals surface area contributed by atoms with Crippen LogP contribution in [0.1, 0.15) is 13.3 Å². The first-order valence-electron chi connectivity index (χ1n) is 6.31. The lowest BCUT2D eigenvalue weighted by Gasteiger charge is -2.38. The highest BCUT2D eigenvalue weighted by atomic mass is 16.5. The second-order valence-corrected chi connectivity index (χ2v) is 4.81. The standard InChI is InChI=1S/C14H22N2O/c1-11-10-16(8-7-14(11)15-2)12-5-4-6-13(9-12)17-3/h4-6,9,11,14-15H,7-8,10H2,1-3H3. The molecule has 2 unspecified atom stereocenters.